The zero-order chi connectivity index (χ0) is 13.1. The fourth-order valence-corrected chi connectivity index (χ4v) is 1.94. The van der Waals surface area contributed by atoms with Crippen molar-refractivity contribution < 1.29 is 0 Å². The molecule has 0 unspecified atom stereocenters. The van der Waals surface area contributed by atoms with Crippen molar-refractivity contribution in [3.8, 4) is 0 Å². The molecule has 0 atom stereocenters. The smallest absolute Gasteiger partial charge is 0.0765 e. The molecule has 0 spiro atoms. The molecule has 0 aromatic heterocycles. The third-order valence-corrected chi connectivity index (χ3v) is 2.98. The summed E-state index contributed by atoms with van der Waals surface area (Å²) in [4.78, 5) is 0. The normalized spacial score (nSPS) is 10.3. The van der Waals surface area contributed by atoms with Crippen molar-refractivity contribution in [3.63, 3.8) is 0 Å². The van der Waals surface area contributed by atoms with Gasteiger partial charge in [0.25, 0.3) is 0 Å². The Morgan fingerprint density at radius 1 is 1.00 bits per heavy atom. The van der Waals surface area contributed by atoms with E-state index >= 15 is 0 Å². The van der Waals surface area contributed by atoms with Crippen molar-refractivity contribution in [2.75, 3.05) is 22.5 Å². The Kier molecular flexibility index (Phi) is 3.48. The Hall–Kier alpha value is -2.07. The van der Waals surface area contributed by atoms with Gasteiger partial charge in [-0.3, -0.25) is 0 Å². The van der Waals surface area contributed by atoms with Crippen molar-refractivity contribution in [3.05, 3.63) is 47.0 Å². The second kappa shape index (κ2) is 5.06. The van der Waals surface area contributed by atoms with E-state index in [1.165, 1.54) is 0 Å². The Labute approximate surface area is 111 Å². The topological polar surface area (TPSA) is 90.1 Å². The average molecular weight is 263 g/mol. The Balaban J connectivity index is 2.19. The largest absolute Gasteiger partial charge is 0.399 e. The lowest BCUT2D eigenvalue weighted by molar-refractivity contribution is 1.16. The van der Waals surface area contributed by atoms with Gasteiger partial charge in [-0.15, -0.1) is 0 Å². The van der Waals surface area contributed by atoms with E-state index in [0.29, 0.717) is 34.3 Å². The fourth-order valence-electron chi connectivity index (χ4n) is 1.69. The molecule has 0 heterocycles. The van der Waals surface area contributed by atoms with Gasteiger partial charge in [0.2, 0.25) is 0 Å². The molecule has 0 aliphatic carbocycles. The van der Waals surface area contributed by atoms with E-state index in [1.807, 2.05) is 6.07 Å². The van der Waals surface area contributed by atoms with Crippen LogP contribution < -0.4 is 22.5 Å². The lowest BCUT2D eigenvalue weighted by atomic mass is 10.1. The molecule has 2 aromatic carbocycles. The van der Waals surface area contributed by atoms with Crippen LogP contribution in [0, 0.1) is 0 Å². The van der Waals surface area contributed by atoms with Crippen molar-refractivity contribution in [2.45, 2.75) is 6.54 Å². The lowest BCUT2D eigenvalue weighted by Crippen LogP contribution is -2.06. The molecule has 4 nitrogen and oxygen atoms in total. The van der Waals surface area contributed by atoms with Gasteiger partial charge in [-0.1, -0.05) is 17.7 Å². The maximum absolute atomic E-state index is 6.07. The van der Waals surface area contributed by atoms with Gasteiger partial charge in [0.15, 0.2) is 0 Å². The maximum Gasteiger partial charge on any atom is 0.0765 e. The molecule has 0 fully saturated rings. The molecule has 0 amide bonds. The Morgan fingerprint density at radius 3 is 2.50 bits per heavy atom. The summed E-state index contributed by atoms with van der Waals surface area (Å²) in [5.41, 5.74) is 21.0. The molecule has 2 aromatic rings. The van der Waals surface area contributed by atoms with E-state index in [9.17, 15) is 0 Å². The number of rotatable bonds is 3. The predicted molar refractivity (Wildman–Crippen MR) is 78.5 cm³/mol. The summed E-state index contributed by atoms with van der Waals surface area (Å²) in [5, 5.41) is 3.75. The summed E-state index contributed by atoms with van der Waals surface area (Å²) >= 11 is 6.07. The number of nitrogens with one attached hydrogen (secondary N) is 1. The highest BCUT2D eigenvalue weighted by molar-refractivity contribution is 6.33. The van der Waals surface area contributed by atoms with Gasteiger partial charge in [0, 0.05) is 17.9 Å². The molecule has 94 valence electrons. The standard InChI is InChI=1S/C13H15ClN4/c14-10-2-1-3-12(17)13(10)18-7-8-6-9(15)4-5-11(8)16/h1-6,18H,7,15-17H2. The third-order valence-electron chi connectivity index (χ3n) is 2.67. The third kappa shape index (κ3) is 2.60. The van der Waals surface area contributed by atoms with E-state index in [0.717, 1.165) is 5.56 Å². The van der Waals surface area contributed by atoms with Gasteiger partial charge in [0.05, 0.1) is 16.4 Å². The van der Waals surface area contributed by atoms with Crippen LogP contribution in [0.15, 0.2) is 36.4 Å². The van der Waals surface area contributed by atoms with Crippen molar-refractivity contribution in [1.29, 1.82) is 0 Å². The molecule has 0 bridgehead atoms. The first-order chi connectivity index (χ1) is 8.58. The first-order valence-corrected chi connectivity index (χ1v) is 5.87. The minimum Gasteiger partial charge on any atom is -0.399 e. The number of anilines is 4. The molecule has 0 aliphatic heterocycles. The number of para-hydroxylation sites is 1. The SMILES string of the molecule is Nc1ccc(N)c(CNc2c(N)cccc2Cl)c1. The van der Waals surface area contributed by atoms with Gasteiger partial charge >= 0.3 is 0 Å². The van der Waals surface area contributed by atoms with Crippen LogP contribution in [0.5, 0.6) is 0 Å². The van der Waals surface area contributed by atoms with E-state index in [2.05, 4.69) is 5.32 Å². The minimum atomic E-state index is 0.519. The highest BCUT2D eigenvalue weighted by Crippen LogP contribution is 2.28. The van der Waals surface area contributed by atoms with Crippen LogP contribution in [-0.4, -0.2) is 0 Å². The Morgan fingerprint density at radius 2 is 1.78 bits per heavy atom. The molecular weight excluding hydrogens is 248 g/mol. The van der Waals surface area contributed by atoms with Crippen LogP contribution in [0.2, 0.25) is 5.02 Å². The maximum atomic E-state index is 6.07. The fraction of sp³-hybridized carbons (Fsp3) is 0.0769. The van der Waals surface area contributed by atoms with E-state index < -0.39 is 0 Å². The van der Waals surface area contributed by atoms with E-state index in [4.69, 9.17) is 28.8 Å². The second-order valence-corrected chi connectivity index (χ2v) is 4.42. The van der Waals surface area contributed by atoms with Gasteiger partial charge in [0.1, 0.15) is 0 Å². The molecule has 0 radical (unpaired) electrons. The van der Waals surface area contributed by atoms with E-state index in [1.54, 1.807) is 30.3 Å². The first kappa shape index (κ1) is 12.4. The second-order valence-electron chi connectivity index (χ2n) is 4.02. The van der Waals surface area contributed by atoms with Gasteiger partial charge < -0.3 is 22.5 Å². The predicted octanol–water partition coefficient (Wildman–Crippen LogP) is 2.70. The summed E-state index contributed by atoms with van der Waals surface area (Å²) in [5.74, 6) is 0. The number of nitrogen functional groups attached to an aromatic ring is 3. The van der Waals surface area contributed by atoms with E-state index in [-0.39, 0.29) is 0 Å². The molecule has 2 rings (SSSR count). The van der Waals surface area contributed by atoms with Gasteiger partial charge in [-0.2, -0.15) is 0 Å². The molecular formula is C13H15ClN4. The minimum absolute atomic E-state index is 0.519. The monoisotopic (exact) mass is 262 g/mol. The number of nitrogens with two attached hydrogens (primary N) is 3. The average Bonchev–Trinajstić information content (AvgIpc) is 2.33. The molecule has 0 saturated carbocycles. The Bertz CT molecular complexity index is 549. The van der Waals surface area contributed by atoms with Gasteiger partial charge in [-0.25, -0.2) is 0 Å². The van der Waals surface area contributed by atoms with Crippen LogP contribution in [0.4, 0.5) is 22.7 Å². The first-order valence-electron chi connectivity index (χ1n) is 5.49. The van der Waals surface area contributed by atoms with Crippen molar-refractivity contribution in [2.24, 2.45) is 0 Å². The van der Waals surface area contributed by atoms with Gasteiger partial charge in [-0.05, 0) is 35.9 Å². The number of halogens is 1. The number of hydrogen-bond acceptors (Lipinski definition) is 4. The highest BCUT2D eigenvalue weighted by Gasteiger charge is 2.05. The van der Waals surface area contributed by atoms with Crippen LogP contribution in [0.1, 0.15) is 5.56 Å². The molecule has 18 heavy (non-hydrogen) atoms. The zero-order valence-electron chi connectivity index (χ0n) is 9.78. The molecule has 0 saturated heterocycles. The summed E-state index contributed by atoms with van der Waals surface area (Å²) in [6.07, 6.45) is 0. The lowest BCUT2D eigenvalue weighted by Gasteiger charge is -2.12. The van der Waals surface area contributed by atoms with Crippen LogP contribution >= 0.6 is 11.6 Å². The van der Waals surface area contributed by atoms with Crippen molar-refractivity contribution in [1.82, 2.24) is 0 Å². The number of hydrogen-bond donors (Lipinski definition) is 4. The summed E-state index contributed by atoms with van der Waals surface area (Å²) in [6, 6.07) is 10.7. The molecule has 5 heteroatoms. The van der Waals surface area contributed by atoms with Crippen molar-refractivity contribution >= 4 is 34.4 Å². The molecule has 7 N–H and O–H groups in total. The summed E-state index contributed by atoms with van der Waals surface area (Å²) in [6.45, 7) is 0.519. The molecule has 0 aliphatic rings. The zero-order valence-corrected chi connectivity index (χ0v) is 10.5. The summed E-state index contributed by atoms with van der Waals surface area (Å²) in [7, 11) is 0. The summed E-state index contributed by atoms with van der Waals surface area (Å²) < 4.78 is 0. The van der Waals surface area contributed by atoms with Crippen LogP contribution in [0.25, 0.3) is 0 Å². The quantitative estimate of drug-likeness (QED) is 0.640. The van der Waals surface area contributed by atoms with Crippen LogP contribution in [0.3, 0.4) is 0 Å². The number of benzene rings is 2. The highest BCUT2D eigenvalue weighted by atomic mass is 35.5. The van der Waals surface area contributed by atoms with Crippen LogP contribution in [-0.2, 0) is 6.54 Å².